The van der Waals surface area contributed by atoms with Crippen LogP contribution in [-0.4, -0.2) is 55.6 Å². The average molecular weight is 585 g/mol. The molecule has 0 unspecified atom stereocenters. The van der Waals surface area contributed by atoms with E-state index in [0.29, 0.717) is 53.6 Å². The molecule has 2 N–H and O–H groups in total. The maximum atomic E-state index is 13.7. The van der Waals surface area contributed by atoms with E-state index in [2.05, 4.69) is 13.0 Å². The molecule has 2 aromatic carbocycles. The summed E-state index contributed by atoms with van der Waals surface area (Å²) in [7, 11) is 6.31. The molecule has 42 heavy (non-hydrogen) atoms. The molecule has 0 amide bonds. The fourth-order valence-corrected chi connectivity index (χ4v) is 5.42. The van der Waals surface area contributed by atoms with Crippen LogP contribution in [0.5, 0.6) is 28.7 Å². The van der Waals surface area contributed by atoms with Crippen molar-refractivity contribution in [2.45, 2.75) is 96.9 Å². The number of allylic oxidation sites excluding steroid dienone is 2. The lowest BCUT2D eigenvalue weighted by atomic mass is 9.88. The zero-order valence-electron chi connectivity index (χ0n) is 26.7. The fraction of sp³-hybridized carbons (Fsp3) is 0.559. The third-order valence-electron chi connectivity index (χ3n) is 7.68. The molecule has 0 bridgehead atoms. The topological polar surface area (TPSA) is 104 Å². The van der Waals surface area contributed by atoms with Crippen molar-refractivity contribution < 1.29 is 38.7 Å². The second-order valence-electron chi connectivity index (χ2n) is 12.3. The first kappa shape index (κ1) is 33.3. The number of Topliss-reactive ketones (excluding diaryl/α,β-unsaturated/α-hetero) is 1. The largest absolute Gasteiger partial charge is 0.496 e. The Labute approximate surface area is 250 Å². The van der Waals surface area contributed by atoms with Crippen molar-refractivity contribution in [3.05, 3.63) is 52.1 Å². The number of carbonyl (C=O) groups excluding carboxylic acids is 1. The Kier molecular flexibility index (Phi) is 11.0. The van der Waals surface area contributed by atoms with Gasteiger partial charge in [-0.05, 0) is 79.2 Å². The van der Waals surface area contributed by atoms with Gasteiger partial charge >= 0.3 is 0 Å². The Morgan fingerprint density at radius 2 is 1.57 bits per heavy atom. The van der Waals surface area contributed by atoms with Gasteiger partial charge < -0.3 is 33.9 Å². The molecule has 0 aromatic heterocycles. The molecule has 232 valence electrons. The van der Waals surface area contributed by atoms with Gasteiger partial charge in [-0.15, -0.1) is 0 Å². The third-order valence-corrected chi connectivity index (χ3v) is 7.68. The standard InChI is InChI=1S/C34H48O8/c1-21(11-10-17-33(2,3)36)12-13-23-22(14-15-26(38-6)31(23)40-8)28-19-25(35)30-29(42-28)20-27(39-7)24(32(30)41-9)16-18-34(4,5)37/h12,14-15,20,28,36-37H,10-11,13,16-19H2,1-9H3/b21-12-/t28-/m0/s1. The molecule has 0 saturated heterocycles. The number of fused-ring (bicyclic) bond motifs is 1. The Hall–Kier alpha value is -3.23. The van der Waals surface area contributed by atoms with Gasteiger partial charge in [0.15, 0.2) is 17.3 Å². The summed E-state index contributed by atoms with van der Waals surface area (Å²) in [5, 5.41) is 20.4. The van der Waals surface area contributed by atoms with Crippen LogP contribution in [0.2, 0.25) is 0 Å². The highest BCUT2D eigenvalue weighted by Crippen LogP contribution is 2.47. The molecule has 0 radical (unpaired) electrons. The molecule has 1 aliphatic heterocycles. The van der Waals surface area contributed by atoms with Crippen LogP contribution in [0.1, 0.15) is 99.9 Å². The number of rotatable bonds is 14. The number of hydrogen-bond acceptors (Lipinski definition) is 8. The number of benzene rings is 2. The van der Waals surface area contributed by atoms with Crippen molar-refractivity contribution >= 4 is 5.78 Å². The molecule has 0 spiro atoms. The Morgan fingerprint density at radius 3 is 2.14 bits per heavy atom. The molecule has 8 heteroatoms. The third kappa shape index (κ3) is 8.19. The van der Waals surface area contributed by atoms with Gasteiger partial charge in [0.2, 0.25) is 0 Å². The van der Waals surface area contributed by atoms with Gasteiger partial charge in [0.25, 0.3) is 0 Å². The summed E-state index contributed by atoms with van der Waals surface area (Å²) < 4.78 is 29.4. The Morgan fingerprint density at radius 1 is 0.929 bits per heavy atom. The molecular weight excluding hydrogens is 536 g/mol. The van der Waals surface area contributed by atoms with Crippen molar-refractivity contribution in [2.24, 2.45) is 0 Å². The molecular formula is C34H48O8. The van der Waals surface area contributed by atoms with Crippen LogP contribution < -0.4 is 23.7 Å². The maximum Gasteiger partial charge on any atom is 0.174 e. The second-order valence-corrected chi connectivity index (χ2v) is 12.3. The van der Waals surface area contributed by atoms with E-state index in [1.165, 1.54) is 12.7 Å². The molecule has 0 fully saturated rings. The summed E-state index contributed by atoms with van der Waals surface area (Å²) in [6, 6.07) is 5.51. The predicted octanol–water partition coefficient (Wildman–Crippen LogP) is 6.56. The lowest BCUT2D eigenvalue weighted by Crippen LogP contribution is -2.24. The summed E-state index contributed by atoms with van der Waals surface area (Å²) in [4.78, 5) is 13.7. The van der Waals surface area contributed by atoms with Crippen LogP contribution in [0.4, 0.5) is 0 Å². The Bertz CT molecular complexity index is 1280. The monoisotopic (exact) mass is 584 g/mol. The van der Waals surface area contributed by atoms with Crippen molar-refractivity contribution in [3.63, 3.8) is 0 Å². The molecule has 8 nitrogen and oxygen atoms in total. The maximum absolute atomic E-state index is 13.7. The van der Waals surface area contributed by atoms with E-state index >= 15 is 0 Å². The minimum absolute atomic E-state index is 0.0932. The highest BCUT2D eigenvalue weighted by molar-refractivity contribution is 6.03. The van der Waals surface area contributed by atoms with Gasteiger partial charge in [0.05, 0.1) is 46.1 Å². The van der Waals surface area contributed by atoms with E-state index in [1.807, 2.05) is 26.0 Å². The highest BCUT2D eigenvalue weighted by atomic mass is 16.5. The zero-order valence-corrected chi connectivity index (χ0v) is 26.7. The zero-order chi connectivity index (χ0) is 31.2. The lowest BCUT2D eigenvalue weighted by molar-refractivity contribution is 0.0687. The summed E-state index contributed by atoms with van der Waals surface area (Å²) in [5.41, 5.74) is 2.49. The highest BCUT2D eigenvalue weighted by Gasteiger charge is 2.35. The average Bonchev–Trinajstić information content (AvgIpc) is 2.92. The van der Waals surface area contributed by atoms with Gasteiger partial charge in [0.1, 0.15) is 28.9 Å². The van der Waals surface area contributed by atoms with E-state index in [-0.39, 0.29) is 12.2 Å². The first-order valence-electron chi connectivity index (χ1n) is 14.5. The number of carbonyl (C=O) groups is 1. The molecule has 1 aliphatic rings. The van der Waals surface area contributed by atoms with Crippen LogP contribution in [0.15, 0.2) is 29.8 Å². The van der Waals surface area contributed by atoms with Gasteiger partial charge in [-0.3, -0.25) is 4.79 Å². The van der Waals surface area contributed by atoms with Gasteiger partial charge in [-0.2, -0.15) is 0 Å². The van der Waals surface area contributed by atoms with E-state index in [9.17, 15) is 15.0 Å². The summed E-state index contributed by atoms with van der Waals surface area (Å²) >= 11 is 0. The van der Waals surface area contributed by atoms with Gasteiger partial charge in [-0.1, -0.05) is 17.7 Å². The number of hydrogen-bond donors (Lipinski definition) is 2. The van der Waals surface area contributed by atoms with E-state index in [1.54, 1.807) is 41.2 Å². The quantitative estimate of drug-likeness (QED) is 0.241. The van der Waals surface area contributed by atoms with Crippen molar-refractivity contribution in [1.82, 2.24) is 0 Å². The van der Waals surface area contributed by atoms with Crippen molar-refractivity contribution in [3.8, 4) is 28.7 Å². The number of methoxy groups -OCH3 is 4. The molecule has 0 saturated carbocycles. The smallest absolute Gasteiger partial charge is 0.174 e. The second kappa shape index (κ2) is 13.8. The normalized spacial score (nSPS) is 15.6. The summed E-state index contributed by atoms with van der Waals surface area (Å²) in [6.45, 7) is 9.23. The SMILES string of the molecule is COc1cc2c(c(OC)c1CCC(C)(C)O)C(=O)C[C@@H](c1ccc(OC)c(OC)c1C/C=C(/C)CCCC(C)(C)O)O2. The van der Waals surface area contributed by atoms with Crippen molar-refractivity contribution in [2.75, 3.05) is 28.4 Å². The molecule has 2 aromatic rings. The van der Waals surface area contributed by atoms with Gasteiger partial charge in [0, 0.05) is 22.8 Å². The molecule has 1 atom stereocenters. The lowest BCUT2D eigenvalue weighted by Gasteiger charge is -2.30. The minimum Gasteiger partial charge on any atom is -0.496 e. The van der Waals surface area contributed by atoms with Crippen LogP contribution in [0.3, 0.4) is 0 Å². The molecule has 3 rings (SSSR count). The Balaban J connectivity index is 2.01. The van der Waals surface area contributed by atoms with Crippen LogP contribution >= 0.6 is 0 Å². The van der Waals surface area contributed by atoms with Crippen LogP contribution in [0, 0.1) is 0 Å². The summed E-state index contributed by atoms with van der Waals surface area (Å²) in [6.07, 6.45) is 5.70. The van der Waals surface area contributed by atoms with Crippen LogP contribution in [0.25, 0.3) is 0 Å². The number of aliphatic hydroxyl groups is 2. The minimum atomic E-state index is -0.885. The van der Waals surface area contributed by atoms with E-state index < -0.39 is 17.3 Å². The molecule has 1 heterocycles. The first-order chi connectivity index (χ1) is 19.7. The van der Waals surface area contributed by atoms with E-state index in [0.717, 1.165) is 36.0 Å². The van der Waals surface area contributed by atoms with Crippen molar-refractivity contribution in [1.29, 1.82) is 0 Å². The van der Waals surface area contributed by atoms with Gasteiger partial charge in [-0.25, -0.2) is 0 Å². The van der Waals surface area contributed by atoms with E-state index in [4.69, 9.17) is 23.7 Å². The summed E-state index contributed by atoms with van der Waals surface area (Å²) in [5.74, 6) is 2.48. The number of ether oxygens (including phenoxy) is 5. The predicted molar refractivity (Wildman–Crippen MR) is 164 cm³/mol. The number of ketones is 1. The molecule has 0 aliphatic carbocycles. The van der Waals surface area contributed by atoms with Crippen LogP contribution in [-0.2, 0) is 12.8 Å². The fourth-order valence-electron chi connectivity index (χ4n) is 5.42. The first-order valence-corrected chi connectivity index (χ1v) is 14.5.